The van der Waals surface area contributed by atoms with Crippen molar-refractivity contribution in [2.24, 2.45) is 0 Å². The molecular formula is C15H19ClN4O. The molecule has 1 aliphatic rings. The molecule has 3 rings (SSSR count). The van der Waals surface area contributed by atoms with Crippen LogP contribution >= 0.6 is 12.4 Å². The van der Waals surface area contributed by atoms with Gasteiger partial charge in [-0.15, -0.1) is 12.4 Å². The number of rotatable bonds is 4. The maximum atomic E-state index is 12.1. The molecule has 1 fully saturated rings. The number of amides is 1. The largest absolute Gasteiger partial charge is 0.313 e. The number of anilines is 1. The van der Waals surface area contributed by atoms with E-state index in [4.69, 9.17) is 0 Å². The second-order valence-corrected chi connectivity index (χ2v) is 5.00. The van der Waals surface area contributed by atoms with E-state index < -0.39 is 0 Å². The van der Waals surface area contributed by atoms with Crippen LogP contribution in [0.5, 0.6) is 0 Å². The molecule has 2 heterocycles. The van der Waals surface area contributed by atoms with E-state index in [0.29, 0.717) is 12.5 Å². The first kappa shape index (κ1) is 15.5. The highest BCUT2D eigenvalue weighted by molar-refractivity contribution is 5.93. The van der Waals surface area contributed by atoms with Crippen LogP contribution in [0.3, 0.4) is 0 Å². The number of benzene rings is 1. The standard InChI is InChI=1S/C15H18N4O.ClH/c20-14(13-7-4-8-16-13)18-15-17-9-10-19(15)11-12-5-2-1-3-6-12;/h1-3,5-6,9-10,13,16H,4,7-8,11H2,(H,17,18,20);1H. The van der Waals surface area contributed by atoms with E-state index >= 15 is 0 Å². The number of nitrogens with zero attached hydrogens (tertiary/aromatic N) is 2. The van der Waals surface area contributed by atoms with Crippen LogP contribution < -0.4 is 10.6 Å². The molecule has 1 saturated heterocycles. The summed E-state index contributed by atoms with van der Waals surface area (Å²) in [5.74, 6) is 0.607. The number of carbonyl (C=O) groups excluding carboxylic acids is 1. The van der Waals surface area contributed by atoms with Crippen LogP contribution in [0, 0.1) is 0 Å². The molecule has 21 heavy (non-hydrogen) atoms. The molecule has 5 nitrogen and oxygen atoms in total. The summed E-state index contributed by atoms with van der Waals surface area (Å²) >= 11 is 0. The SMILES string of the molecule is Cl.O=C(Nc1nccn1Cc1ccccc1)C1CCCN1. The Morgan fingerprint density at radius 3 is 2.90 bits per heavy atom. The molecule has 0 aliphatic carbocycles. The summed E-state index contributed by atoms with van der Waals surface area (Å²) in [4.78, 5) is 16.3. The van der Waals surface area contributed by atoms with Gasteiger partial charge >= 0.3 is 0 Å². The van der Waals surface area contributed by atoms with Crippen molar-refractivity contribution in [3.05, 3.63) is 48.3 Å². The molecule has 2 N–H and O–H groups in total. The van der Waals surface area contributed by atoms with Gasteiger partial charge in [-0.05, 0) is 24.9 Å². The Labute approximate surface area is 130 Å². The highest BCUT2D eigenvalue weighted by Gasteiger charge is 2.22. The Bertz CT molecular complexity index is 578. The summed E-state index contributed by atoms with van der Waals surface area (Å²) in [6.07, 6.45) is 5.53. The Kier molecular flexibility index (Phi) is 5.36. The van der Waals surface area contributed by atoms with Gasteiger partial charge in [-0.1, -0.05) is 30.3 Å². The predicted octanol–water partition coefficient (Wildman–Crippen LogP) is 2.04. The van der Waals surface area contributed by atoms with Gasteiger partial charge in [0.15, 0.2) is 0 Å². The molecule has 2 aromatic rings. The van der Waals surface area contributed by atoms with Crippen molar-refractivity contribution in [2.75, 3.05) is 11.9 Å². The topological polar surface area (TPSA) is 59.0 Å². The van der Waals surface area contributed by atoms with Crippen molar-refractivity contribution >= 4 is 24.3 Å². The van der Waals surface area contributed by atoms with Crippen molar-refractivity contribution in [3.63, 3.8) is 0 Å². The summed E-state index contributed by atoms with van der Waals surface area (Å²) < 4.78 is 1.95. The number of halogens is 1. The summed E-state index contributed by atoms with van der Waals surface area (Å²) in [5, 5.41) is 6.09. The minimum absolute atomic E-state index is 0. The monoisotopic (exact) mass is 306 g/mol. The summed E-state index contributed by atoms with van der Waals surface area (Å²) in [6, 6.07) is 10.0. The van der Waals surface area contributed by atoms with Crippen molar-refractivity contribution in [2.45, 2.75) is 25.4 Å². The van der Waals surface area contributed by atoms with Crippen molar-refractivity contribution in [3.8, 4) is 0 Å². The maximum absolute atomic E-state index is 12.1. The molecular weight excluding hydrogens is 288 g/mol. The van der Waals surface area contributed by atoms with E-state index in [1.807, 2.05) is 29.0 Å². The van der Waals surface area contributed by atoms with Gasteiger partial charge in [-0.3, -0.25) is 10.1 Å². The average molecular weight is 307 g/mol. The Hall–Kier alpha value is -1.85. The average Bonchev–Trinajstić information content (AvgIpc) is 3.12. The van der Waals surface area contributed by atoms with E-state index in [9.17, 15) is 4.79 Å². The molecule has 1 aromatic carbocycles. The van der Waals surface area contributed by atoms with E-state index in [1.54, 1.807) is 6.20 Å². The van der Waals surface area contributed by atoms with E-state index in [2.05, 4.69) is 27.8 Å². The third-order valence-electron chi connectivity index (χ3n) is 3.52. The minimum Gasteiger partial charge on any atom is -0.313 e. The van der Waals surface area contributed by atoms with Gasteiger partial charge < -0.3 is 9.88 Å². The fourth-order valence-corrected chi connectivity index (χ4v) is 2.45. The quantitative estimate of drug-likeness (QED) is 0.909. The molecule has 6 heteroatoms. The molecule has 1 amide bonds. The summed E-state index contributed by atoms with van der Waals surface area (Å²) in [7, 11) is 0. The Morgan fingerprint density at radius 2 is 2.19 bits per heavy atom. The summed E-state index contributed by atoms with van der Waals surface area (Å²) in [6.45, 7) is 1.62. The van der Waals surface area contributed by atoms with Gasteiger partial charge in [0.2, 0.25) is 11.9 Å². The van der Waals surface area contributed by atoms with Crippen LogP contribution in [0.4, 0.5) is 5.95 Å². The molecule has 1 unspecified atom stereocenters. The highest BCUT2D eigenvalue weighted by atomic mass is 35.5. The highest BCUT2D eigenvalue weighted by Crippen LogP contribution is 2.12. The number of hydrogen-bond donors (Lipinski definition) is 2. The van der Waals surface area contributed by atoms with Crippen LogP contribution in [0.25, 0.3) is 0 Å². The third-order valence-corrected chi connectivity index (χ3v) is 3.52. The van der Waals surface area contributed by atoms with Crippen LogP contribution in [-0.4, -0.2) is 28.0 Å². The van der Waals surface area contributed by atoms with Crippen LogP contribution in [-0.2, 0) is 11.3 Å². The van der Waals surface area contributed by atoms with Crippen molar-refractivity contribution in [1.82, 2.24) is 14.9 Å². The maximum Gasteiger partial charge on any atom is 0.243 e. The first-order valence-electron chi connectivity index (χ1n) is 6.92. The number of imidazole rings is 1. The van der Waals surface area contributed by atoms with E-state index in [-0.39, 0.29) is 24.4 Å². The minimum atomic E-state index is -0.0862. The predicted molar refractivity (Wildman–Crippen MR) is 84.7 cm³/mol. The fourth-order valence-electron chi connectivity index (χ4n) is 2.45. The lowest BCUT2D eigenvalue weighted by atomic mass is 10.2. The molecule has 0 saturated carbocycles. The fraction of sp³-hybridized carbons (Fsp3) is 0.333. The smallest absolute Gasteiger partial charge is 0.243 e. The molecule has 1 atom stereocenters. The van der Waals surface area contributed by atoms with Gasteiger partial charge in [0, 0.05) is 12.4 Å². The normalized spacial score (nSPS) is 17.2. The van der Waals surface area contributed by atoms with Gasteiger partial charge in [0.1, 0.15) is 0 Å². The van der Waals surface area contributed by atoms with Crippen LogP contribution in [0.15, 0.2) is 42.7 Å². The Balaban J connectivity index is 0.00000161. The zero-order chi connectivity index (χ0) is 13.8. The zero-order valence-corrected chi connectivity index (χ0v) is 12.5. The van der Waals surface area contributed by atoms with Gasteiger partial charge in [-0.2, -0.15) is 0 Å². The van der Waals surface area contributed by atoms with Crippen LogP contribution in [0.2, 0.25) is 0 Å². The zero-order valence-electron chi connectivity index (χ0n) is 11.7. The molecule has 0 bridgehead atoms. The lowest BCUT2D eigenvalue weighted by Crippen LogP contribution is -2.36. The van der Waals surface area contributed by atoms with Gasteiger partial charge in [-0.25, -0.2) is 4.98 Å². The number of carbonyl (C=O) groups is 1. The lowest BCUT2D eigenvalue weighted by Gasteiger charge is -2.12. The van der Waals surface area contributed by atoms with E-state index in [0.717, 1.165) is 19.4 Å². The Morgan fingerprint density at radius 1 is 1.38 bits per heavy atom. The second kappa shape index (κ2) is 7.24. The molecule has 1 aliphatic heterocycles. The summed E-state index contributed by atoms with van der Waals surface area (Å²) in [5.41, 5.74) is 1.18. The number of nitrogens with one attached hydrogen (secondary N) is 2. The van der Waals surface area contributed by atoms with Crippen molar-refractivity contribution < 1.29 is 4.79 Å². The van der Waals surface area contributed by atoms with Gasteiger partial charge in [0.25, 0.3) is 0 Å². The number of aromatic nitrogens is 2. The van der Waals surface area contributed by atoms with Crippen LogP contribution in [0.1, 0.15) is 18.4 Å². The first-order valence-corrected chi connectivity index (χ1v) is 6.92. The second-order valence-electron chi connectivity index (χ2n) is 5.00. The molecule has 112 valence electrons. The number of hydrogen-bond acceptors (Lipinski definition) is 3. The van der Waals surface area contributed by atoms with Gasteiger partial charge in [0.05, 0.1) is 12.6 Å². The third kappa shape index (κ3) is 3.83. The molecule has 1 aromatic heterocycles. The first-order chi connectivity index (χ1) is 9.83. The van der Waals surface area contributed by atoms with Crippen molar-refractivity contribution in [1.29, 1.82) is 0 Å². The molecule has 0 radical (unpaired) electrons. The molecule has 0 spiro atoms. The van der Waals surface area contributed by atoms with E-state index in [1.165, 1.54) is 5.56 Å². The lowest BCUT2D eigenvalue weighted by molar-refractivity contribution is -0.117.